The molecule has 0 saturated heterocycles. The molecule has 0 aliphatic carbocycles. The number of hydrogen-bond acceptors (Lipinski definition) is 2. The van der Waals surface area contributed by atoms with Crippen molar-refractivity contribution in [2.75, 3.05) is 5.32 Å². The number of anilines is 1. The van der Waals surface area contributed by atoms with Gasteiger partial charge in [0.05, 0.1) is 4.47 Å². The van der Waals surface area contributed by atoms with Crippen LogP contribution in [0.15, 0.2) is 45.3 Å². The Balaban J connectivity index is 2.07. The number of aryl methyl sites for hydroxylation is 2. The third-order valence-corrected chi connectivity index (χ3v) is 4.33. The minimum atomic E-state index is -0.600. The summed E-state index contributed by atoms with van der Waals surface area (Å²) >= 11 is 6.81. The molecule has 0 aliphatic rings. The van der Waals surface area contributed by atoms with Gasteiger partial charge in [-0.3, -0.25) is 4.79 Å². The van der Waals surface area contributed by atoms with Crippen LogP contribution in [0.3, 0.4) is 0 Å². The molecular formula is C17H17Br2NO2. The minimum Gasteiger partial charge on any atom is -0.480 e. The third kappa shape index (κ3) is 4.34. The number of amides is 1. The average Bonchev–Trinajstić information content (AvgIpc) is 2.45. The maximum Gasteiger partial charge on any atom is 0.265 e. The van der Waals surface area contributed by atoms with Gasteiger partial charge < -0.3 is 10.1 Å². The lowest BCUT2D eigenvalue weighted by molar-refractivity contribution is -0.122. The van der Waals surface area contributed by atoms with Gasteiger partial charge in [-0.1, -0.05) is 28.1 Å². The second kappa shape index (κ2) is 7.29. The Labute approximate surface area is 147 Å². The Kier molecular flexibility index (Phi) is 5.64. The monoisotopic (exact) mass is 425 g/mol. The van der Waals surface area contributed by atoms with E-state index in [2.05, 4.69) is 37.2 Å². The summed E-state index contributed by atoms with van der Waals surface area (Å²) in [7, 11) is 0. The number of benzene rings is 2. The molecule has 1 atom stereocenters. The van der Waals surface area contributed by atoms with Crippen molar-refractivity contribution in [3.63, 3.8) is 0 Å². The Morgan fingerprint density at radius 1 is 1.14 bits per heavy atom. The Morgan fingerprint density at radius 2 is 1.86 bits per heavy atom. The molecule has 1 N–H and O–H groups in total. The topological polar surface area (TPSA) is 38.3 Å². The van der Waals surface area contributed by atoms with E-state index in [0.717, 1.165) is 25.8 Å². The van der Waals surface area contributed by atoms with Gasteiger partial charge in [0.1, 0.15) is 5.75 Å². The van der Waals surface area contributed by atoms with Gasteiger partial charge in [-0.25, -0.2) is 0 Å². The molecule has 3 nitrogen and oxygen atoms in total. The number of carbonyl (C=O) groups excluding carboxylic acids is 1. The van der Waals surface area contributed by atoms with Crippen LogP contribution in [0.1, 0.15) is 18.1 Å². The van der Waals surface area contributed by atoms with E-state index in [1.807, 2.05) is 50.2 Å². The fourth-order valence-electron chi connectivity index (χ4n) is 1.92. The predicted molar refractivity (Wildman–Crippen MR) is 96.5 cm³/mol. The van der Waals surface area contributed by atoms with Gasteiger partial charge in [-0.15, -0.1) is 0 Å². The van der Waals surface area contributed by atoms with Crippen molar-refractivity contribution >= 4 is 43.5 Å². The molecule has 22 heavy (non-hydrogen) atoms. The van der Waals surface area contributed by atoms with Gasteiger partial charge in [-0.2, -0.15) is 0 Å². The van der Waals surface area contributed by atoms with Crippen LogP contribution in [0.5, 0.6) is 5.75 Å². The highest BCUT2D eigenvalue weighted by Crippen LogP contribution is 2.29. The SMILES string of the molecule is Cc1ccc(C)c(NC(=O)C(C)Oc2ccc(Br)cc2Br)c1. The van der Waals surface area contributed by atoms with Crippen molar-refractivity contribution in [2.24, 2.45) is 0 Å². The Hall–Kier alpha value is -1.33. The molecule has 0 aromatic heterocycles. The van der Waals surface area contributed by atoms with Crippen LogP contribution in [-0.2, 0) is 4.79 Å². The maximum absolute atomic E-state index is 12.3. The summed E-state index contributed by atoms with van der Waals surface area (Å²) in [5.41, 5.74) is 2.94. The zero-order valence-electron chi connectivity index (χ0n) is 12.6. The van der Waals surface area contributed by atoms with Crippen LogP contribution < -0.4 is 10.1 Å². The number of carbonyl (C=O) groups is 1. The smallest absolute Gasteiger partial charge is 0.265 e. The van der Waals surface area contributed by atoms with Gasteiger partial charge in [0.25, 0.3) is 5.91 Å². The molecule has 1 amide bonds. The molecule has 2 rings (SSSR count). The highest BCUT2D eigenvalue weighted by atomic mass is 79.9. The molecule has 0 bridgehead atoms. The second-order valence-electron chi connectivity index (χ2n) is 5.14. The van der Waals surface area contributed by atoms with Crippen molar-refractivity contribution in [3.8, 4) is 5.75 Å². The third-order valence-electron chi connectivity index (χ3n) is 3.22. The number of halogens is 2. The summed E-state index contributed by atoms with van der Waals surface area (Å²) in [5, 5.41) is 2.91. The molecule has 1 unspecified atom stereocenters. The van der Waals surface area contributed by atoms with Gasteiger partial charge in [0.15, 0.2) is 6.10 Å². The largest absolute Gasteiger partial charge is 0.480 e. The molecule has 0 spiro atoms. The fraction of sp³-hybridized carbons (Fsp3) is 0.235. The highest BCUT2D eigenvalue weighted by molar-refractivity contribution is 9.11. The van der Waals surface area contributed by atoms with E-state index in [1.165, 1.54) is 0 Å². The van der Waals surface area contributed by atoms with Crippen molar-refractivity contribution in [2.45, 2.75) is 26.9 Å². The number of ether oxygens (including phenoxy) is 1. The van der Waals surface area contributed by atoms with Gasteiger partial charge in [0.2, 0.25) is 0 Å². The van der Waals surface area contributed by atoms with Crippen molar-refractivity contribution in [1.82, 2.24) is 0 Å². The first kappa shape index (κ1) is 17.0. The molecular weight excluding hydrogens is 410 g/mol. The van der Waals surface area contributed by atoms with E-state index in [0.29, 0.717) is 5.75 Å². The lowest BCUT2D eigenvalue weighted by Gasteiger charge is -2.17. The summed E-state index contributed by atoms with van der Waals surface area (Å²) in [6, 6.07) is 11.5. The number of nitrogens with one attached hydrogen (secondary N) is 1. The molecule has 2 aromatic carbocycles. The normalized spacial score (nSPS) is 11.9. The molecule has 5 heteroatoms. The van der Waals surface area contributed by atoms with Crippen LogP contribution >= 0.6 is 31.9 Å². The zero-order chi connectivity index (χ0) is 16.3. The van der Waals surface area contributed by atoms with E-state index in [1.54, 1.807) is 6.92 Å². The zero-order valence-corrected chi connectivity index (χ0v) is 15.8. The van der Waals surface area contributed by atoms with Crippen LogP contribution in [-0.4, -0.2) is 12.0 Å². The molecule has 0 saturated carbocycles. The van der Waals surface area contributed by atoms with Gasteiger partial charge in [-0.05, 0) is 72.1 Å². The number of hydrogen-bond donors (Lipinski definition) is 1. The molecule has 2 aromatic rings. The van der Waals surface area contributed by atoms with Crippen molar-refractivity contribution < 1.29 is 9.53 Å². The van der Waals surface area contributed by atoms with E-state index in [9.17, 15) is 4.79 Å². The first-order valence-corrected chi connectivity index (χ1v) is 8.45. The lowest BCUT2D eigenvalue weighted by atomic mass is 10.1. The first-order chi connectivity index (χ1) is 10.4. The molecule has 0 aliphatic heterocycles. The summed E-state index contributed by atoms with van der Waals surface area (Å²) in [6.07, 6.45) is -0.600. The van der Waals surface area contributed by atoms with Crippen LogP contribution in [0.2, 0.25) is 0 Å². The molecule has 0 radical (unpaired) electrons. The van der Waals surface area contributed by atoms with E-state index < -0.39 is 6.10 Å². The standard InChI is InChI=1S/C17H17Br2NO2/c1-10-4-5-11(2)15(8-10)20-17(21)12(3)22-16-7-6-13(18)9-14(16)19/h4-9,12H,1-3H3,(H,20,21). The Morgan fingerprint density at radius 3 is 2.55 bits per heavy atom. The summed E-state index contributed by atoms with van der Waals surface area (Å²) in [6.45, 7) is 5.69. The predicted octanol–water partition coefficient (Wildman–Crippen LogP) is 5.23. The van der Waals surface area contributed by atoms with Gasteiger partial charge >= 0.3 is 0 Å². The average molecular weight is 427 g/mol. The quantitative estimate of drug-likeness (QED) is 0.726. The second-order valence-corrected chi connectivity index (χ2v) is 6.91. The summed E-state index contributed by atoms with van der Waals surface area (Å²) in [5.74, 6) is 0.454. The fourth-order valence-corrected chi connectivity index (χ4v) is 3.06. The molecule has 0 fully saturated rings. The lowest BCUT2D eigenvalue weighted by Crippen LogP contribution is -2.30. The number of rotatable bonds is 4. The maximum atomic E-state index is 12.3. The van der Waals surface area contributed by atoms with Crippen molar-refractivity contribution in [1.29, 1.82) is 0 Å². The summed E-state index contributed by atoms with van der Waals surface area (Å²) < 4.78 is 7.47. The van der Waals surface area contributed by atoms with Gasteiger partial charge in [0, 0.05) is 10.2 Å². The van der Waals surface area contributed by atoms with Crippen LogP contribution in [0, 0.1) is 13.8 Å². The first-order valence-electron chi connectivity index (χ1n) is 6.86. The van der Waals surface area contributed by atoms with E-state index in [-0.39, 0.29) is 5.91 Å². The minimum absolute atomic E-state index is 0.177. The van der Waals surface area contributed by atoms with Crippen LogP contribution in [0.4, 0.5) is 5.69 Å². The summed E-state index contributed by atoms with van der Waals surface area (Å²) in [4.78, 5) is 12.3. The van der Waals surface area contributed by atoms with Crippen molar-refractivity contribution in [3.05, 3.63) is 56.5 Å². The molecule has 116 valence electrons. The van der Waals surface area contributed by atoms with Crippen LogP contribution in [0.25, 0.3) is 0 Å². The Bertz CT molecular complexity index is 701. The molecule has 0 heterocycles. The van der Waals surface area contributed by atoms with E-state index >= 15 is 0 Å². The van der Waals surface area contributed by atoms with E-state index in [4.69, 9.17) is 4.74 Å². The highest BCUT2D eigenvalue weighted by Gasteiger charge is 2.17.